The lowest BCUT2D eigenvalue weighted by Crippen LogP contribution is -2.35. The number of unbranched alkanes of at least 4 members (excludes halogenated alkanes) is 4. The van der Waals surface area contributed by atoms with E-state index in [1.165, 1.54) is 48.4 Å². The van der Waals surface area contributed by atoms with Gasteiger partial charge < -0.3 is 35.3 Å². The monoisotopic (exact) mass is 1790 g/mol. The number of benzene rings is 5. The van der Waals surface area contributed by atoms with E-state index in [-0.39, 0.29) is 51.7 Å². The maximum atomic E-state index is 11.9. The topological polar surface area (TPSA) is 211 Å². The summed E-state index contributed by atoms with van der Waals surface area (Å²) in [5.74, 6) is -2.95. The van der Waals surface area contributed by atoms with Gasteiger partial charge >= 0.3 is 30.0 Å². The molecule has 5 N–H and O–H groups in total. The van der Waals surface area contributed by atoms with Crippen molar-refractivity contribution in [1.29, 1.82) is 0 Å². The number of aldehydes is 1. The van der Waals surface area contributed by atoms with Crippen molar-refractivity contribution in [1.82, 2.24) is 4.90 Å². The Hall–Kier alpha value is -3.25. The second-order valence-corrected chi connectivity index (χ2v) is 31.7. The van der Waals surface area contributed by atoms with Crippen molar-refractivity contribution in [3.05, 3.63) is 167 Å². The third kappa shape index (κ3) is 42.7. The summed E-state index contributed by atoms with van der Waals surface area (Å²) >= 11 is 11.2. The summed E-state index contributed by atoms with van der Waals surface area (Å²) in [7, 11) is -0.171. The second kappa shape index (κ2) is 53.3. The molecule has 1 aliphatic rings. The number of ether oxygens (including phenoxy) is 2. The molecule has 0 radical (unpaired) electrons. The van der Waals surface area contributed by atoms with Gasteiger partial charge in [-0.3, -0.25) is 24.1 Å². The van der Waals surface area contributed by atoms with E-state index in [4.69, 9.17) is 25.4 Å². The van der Waals surface area contributed by atoms with Gasteiger partial charge in [0.1, 0.15) is 18.9 Å². The van der Waals surface area contributed by atoms with Gasteiger partial charge in [0.15, 0.2) is 0 Å². The molecule has 4 atom stereocenters. The van der Waals surface area contributed by atoms with Crippen LogP contribution in [0.25, 0.3) is 0 Å². The first-order chi connectivity index (χ1) is 42.0. The average Bonchev–Trinajstić information content (AvgIpc) is 3.26. The number of amides is 1. The van der Waals surface area contributed by atoms with Crippen molar-refractivity contribution < 1.29 is 53.6 Å². The number of carboxylic acids is 3. The fourth-order valence-electron chi connectivity index (χ4n) is 8.37. The number of hydrogen-bond donors (Lipinski definition) is 4. The Balaban J connectivity index is 0.00000104. The average molecular weight is 1790 g/mol. The van der Waals surface area contributed by atoms with Gasteiger partial charge in [-0.2, -0.15) is 0 Å². The number of hydrogen-bond acceptors (Lipinski definition) is 9. The van der Waals surface area contributed by atoms with Crippen molar-refractivity contribution in [2.45, 2.75) is 183 Å². The summed E-state index contributed by atoms with van der Waals surface area (Å²) in [5.41, 5.74) is 10.9. The van der Waals surface area contributed by atoms with Crippen LogP contribution in [0.1, 0.15) is 154 Å². The lowest BCUT2D eigenvalue weighted by Gasteiger charge is -2.20. The van der Waals surface area contributed by atoms with Crippen LogP contribution >= 0.6 is 113 Å². The normalized spacial score (nSPS) is 13.3. The molecular formula is C69H97I5N2O11Si. The molecule has 0 spiro atoms. The van der Waals surface area contributed by atoms with Gasteiger partial charge in [0.2, 0.25) is 0 Å². The van der Waals surface area contributed by atoms with E-state index in [9.17, 15) is 33.9 Å². The first-order valence-corrected chi connectivity index (χ1v) is 38.5. The zero-order valence-electron chi connectivity index (χ0n) is 52.9. The fourth-order valence-corrected chi connectivity index (χ4v) is 11.9. The molecule has 488 valence electrons. The van der Waals surface area contributed by atoms with Crippen LogP contribution < -0.4 is 5.73 Å². The van der Waals surface area contributed by atoms with Crippen LogP contribution in [0.15, 0.2) is 121 Å². The highest BCUT2D eigenvalue weighted by atomic mass is 127. The van der Waals surface area contributed by atoms with Crippen molar-refractivity contribution in [3.63, 3.8) is 0 Å². The molecule has 1 amide bonds. The van der Waals surface area contributed by atoms with Crippen LogP contribution in [0.4, 0.5) is 4.79 Å². The number of rotatable bonds is 27. The molecule has 6 rings (SSSR count). The van der Waals surface area contributed by atoms with E-state index < -0.39 is 24.0 Å². The fraction of sp³-hybridized carbons (Fsp3) is 0.478. The minimum absolute atomic E-state index is 0.0120. The molecule has 19 heteroatoms. The van der Waals surface area contributed by atoms with Crippen molar-refractivity contribution in [2.24, 2.45) is 23.5 Å². The molecule has 0 aliphatic carbocycles. The molecule has 1 saturated heterocycles. The summed E-state index contributed by atoms with van der Waals surface area (Å²) in [4.78, 5) is 66.7. The van der Waals surface area contributed by atoms with Crippen LogP contribution in [-0.2, 0) is 65.8 Å². The molecule has 88 heavy (non-hydrogen) atoms. The van der Waals surface area contributed by atoms with Crippen LogP contribution in [0.3, 0.4) is 0 Å². The number of nitrogens with zero attached hydrogens (tertiary/aromatic N) is 1. The highest BCUT2D eigenvalue weighted by Crippen LogP contribution is 2.28. The molecule has 4 unspecified atom stereocenters. The second-order valence-electron chi connectivity index (χ2n) is 21.3. The van der Waals surface area contributed by atoms with E-state index in [1.807, 2.05) is 98.8 Å². The molecule has 0 saturated carbocycles. The highest BCUT2D eigenvalue weighted by Gasteiger charge is 2.33. The Kier molecular flexibility index (Phi) is 51.3. The van der Waals surface area contributed by atoms with Crippen LogP contribution in [-0.4, -0.2) is 84.5 Å². The third-order valence-corrected chi connectivity index (χ3v) is 20.9. The standard InChI is InChI=1S/C14H18INO4.C14H17IO2.C14H19IO2.C10H11IO2.C7H8IN.C6H16Si.C4H8O/c1-2-3-8-20-14(19)16(10-13(17)18)9-11-4-6-12(15)7-5-11;1-2-3-13-9-11(14(16)17-13)8-10-4-6-12(15)7-5-10;1-2-3-4-5-12(14(16)17)10-11-6-8-13(15)9-7-11;1-7(10(12)13)6-8-2-4-9(11)5-3-8;8-7-3-1-6(5-9)2-4-7;1-4-7(5-2)6-3;1-2-3-4-5/h4-7H,2-3,8-10H2,1H3,(H,17,18);4-7,11,13H,2-3,8-9H2,1H3;6-9,12H,2-5,10H2,1H3,(H,16,17);2-5,7H,6H2,1H3,(H,12,13);1-4H,5,9H2;7H,4-6H2,1-3H3;4H,2-3H2,1H3. The lowest BCUT2D eigenvalue weighted by atomic mass is 9.94. The molecule has 1 fully saturated rings. The third-order valence-electron chi connectivity index (χ3n) is 13.8. The number of esters is 1. The maximum absolute atomic E-state index is 11.9. The molecule has 1 heterocycles. The van der Waals surface area contributed by atoms with Crippen molar-refractivity contribution in [3.8, 4) is 0 Å². The zero-order chi connectivity index (χ0) is 66.2. The summed E-state index contributed by atoms with van der Waals surface area (Å²) in [6, 6.07) is 44.7. The number of nitrogens with two attached hydrogens (primary N) is 1. The van der Waals surface area contributed by atoms with Crippen molar-refractivity contribution in [2.75, 3.05) is 13.2 Å². The summed E-state index contributed by atoms with van der Waals surface area (Å²) < 4.78 is 16.4. The van der Waals surface area contributed by atoms with Crippen LogP contribution in [0, 0.1) is 35.6 Å². The quantitative estimate of drug-likeness (QED) is 0.0127. The first-order valence-electron chi connectivity index (χ1n) is 30.7. The van der Waals surface area contributed by atoms with Crippen molar-refractivity contribution >= 4 is 158 Å². The predicted molar refractivity (Wildman–Crippen MR) is 404 cm³/mol. The summed E-state index contributed by atoms with van der Waals surface area (Å²) in [5, 5.41) is 26.8. The van der Waals surface area contributed by atoms with E-state index in [2.05, 4.69) is 184 Å². The van der Waals surface area contributed by atoms with E-state index in [1.54, 1.807) is 6.92 Å². The van der Waals surface area contributed by atoms with Gasteiger partial charge in [0.05, 0.1) is 24.4 Å². The van der Waals surface area contributed by atoms with Gasteiger partial charge in [-0.1, -0.05) is 166 Å². The molecule has 1 aliphatic heterocycles. The first kappa shape index (κ1) is 84.7. The van der Waals surface area contributed by atoms with E-state index >= 15 is 0 Å². The minimum Gasteiger partial charge on any atom is -0.481 e. The molecule has 5 aromatic rings. The predicted octanol–water partition coefficient (Wildman–Crippen LogP) is 18.4. The lowest BCUT2D eigenvalue weighted by molar-refractivity contribution is -0.144. The Labute approximate surface area is 596 Å². The molecule has 0 aromatic heterocycles. The maximum Gasteiger partial charge on any atom is 0.410 e. The van der Waals surface area contributed by atoms with Crippen LogP contribution in [0.2, 0.25) is 18.1 Å². The number of cyclic esters (lactones) is 1. The van der Waals surface area contributed by atoms with Gasteiger partial charge in [0, 0.05) is 46.2 Å². The van der Waals surface area contributed by atoms with Gasteiger partial charge in [-0.25, -0.2) is 4.79 Å². The molecule has 13 nitrogen and oxygen atoms in total. The molecule has 5 aromatic carbocycles. The van der Waals surface area contributed by atoms with Gasteiger partial charge in [-0.05, 0) is 253 Å². The Morgan fingerprint density at radius 2 is 1.06 bits per heavy atom. The smallest absolute Gasteiger partial charge is 0.410 e. The number of halogens is 5. The van der Waals surface area contributed by atoms with Gasteiger partial charge in [0.25, 0.3) is 0 Å². The zero-order valence-corrected chi connectivity index (χ0v) is 64.8. The Morgan fingerprint density at radius 3 is 1.42 bits per heavy atom. The highest BCUT2D eigenvalue weighted by molar-refractivity contribution is 14.1. The number of carbonyl (C=O) groups excluding carboxylic acids is 3. The summed E-state index contributed by atoms with van der Waals surface area (Å²) in [6.45, 7) is 17.7. The molecule has 0 bridgehead atoms. The van der Waals surface area contributed by atoms with Gasteiger partial charge in [-0.15, -0.1) is 0 Å². The Morgan fingerprint density at radius 1 is 0.614 bits per heavy atom. The largest absolute Gasteiger partial charge is 0.481 e. The van der Waals surface area contributed by atoms with E-state index in [0.29, 0.717) is 32.4 Å². The SMILES string of the molecule is CC(Cc1ccc(I)cc1)C(=O)O.CCCC1CC(Cc2ccc(I)cc2)C(=O)O1.CCCC=O.CCCCCC(Cc1ccc(I)cc1)C(=O)O.CCCCOC(=O)N(CC(=O)O)Cc1ccc(I)cc1.CC[SiH](CC)CC.NCc1ccc(I)cc1. The van der Waals surface area contributed by atoms with Crippen LogP contribution in [0.5, 0.6) is 0 Å². The number of aliphatic carboxylic acids is 3. The van der Waals surface area contributed by atoms with E-state index in [0.717, 1.165) is 97.2 Å². The minimum atomic E-state index is -1.05. The number of carboxylic acid groups (broad SMARTS) is 3. The Bertz CT molecular complexity index is 2600. The molecular weight excluding hydrogens is 1700 g/mol. The summed E-state index contributed by atoms with van der Waals surface area (Å²) in [6.07, 6.45) is 13.0. The number of carbonyl (C=O) groups is 6.